The summed E-state index contributed by atoms with van der Waals surface area (Å²) >= 11 is 5.80. The second kappa shape index (κ2) is 5.46. The standard InChI is InChI=1S/C12H10ClN3O2/c13-9-3-1-8(2-4-9)10-5-11(16-7-15-10)14-6-12(17)18/h1-5,7H,6H2,(H,17,18)(H,14,15,16). The minimum Gasteiger partial charge on any atom is -0.480 e. The second-order valence-corrected chi connectivity index (χ2v) is 3.98. The molecule has 1 aromatic carbocycles. The van der Waals surface area contributed by atoms with Crippen LogP contribution in [0.4, 0.5) is 5.82 Å². The molecule has 0 saturated heterocycles. The van der Waals surface area contributed by atoms with Gasteiger partial charge in [-0.25, -0.2) is 9.97 Å². The summed E-state index contributed by atoms with van der Waals surface area (Å²) in [6, 6.07) is 8.90. The molecule has 0 aliphatic carbocycles. The van der Waals surface area contributed by atoms with E-state index in [1.165, 1.54) is 6.33 Å². The lowest BCUT2D eigenvalue weighted by molar-refractivity contribution is -0.134. The topological polar surface area (TPSA) is 75.1 Å². The van der Waals surface area contributed by atoms with Crippen molar-refractivity contribution in [3.63, 3.8) is 0 Å². The fraction of sp³-hybridized carbons (Fsp3) is 0.0833. The van der Waals surface area contributed by atoms with E-state index >= 15 is 0 Å². The molecule has 1 aromatic heterocycles. The molecule has 5 nitrogen and oxygen atoms in total. The molecule has 6 heteroatoms. The summed E-state index contributed by atoms with van der Waals surface area (Å²) in [7, 11) is 0. The minimum absolute atomic E-state index is 0.183. The molecule has 0 radical (unpaired) electrons. The van der Waals surface area contributed by atoms with Crippen molar-refractivity contribution in [3.8, 4) is 11.3 Å². The fourth-order valence-electron chi connectivity index (χ4n) is 1.40. The molecule has 0 saturated carbocycles. The van der Waals surface area contributed by atoms with Crippen LogP contribution in [0.3, 0.4) is 0 Å². The average Bonchev–Trinajstić information content (AvgIpc) is 2.37. The summed E-state index contributed by atoms with van der Waals surface area (Å²) in [4.78, 5) is 18.5. The molecule has 0 bridgehead atoms. The van der Waals surface area contributed by atoms with E-state index in [-0.39, 0.29) is 6.54 Å². The van der Waals surface area contributed by atoms with Crippen LogP contribution in [0.1, 0.15) is 0 Å². The predicted octanol–water partition coefficient (Wildman–Crippen LogP) is 2.29. The monoisotopic (exact) mass is 263 g/mol. The van der Waals surface area contributed by atoms with E-state index in [2.05, 4.69) is 15.3 Å². The van der Waals surface area contributed by atoms with Crippen molar-refractivity contribution in [2.45, 2.75) is 0 Å². The molecule has 0 unspecified atom stereocenters. The molecular weight excluding hydrogens is 254 g/mol. The van der Waals surface area contributed by atoms with E-state index in [4.69, 9.17) is 16.7 Å². The van der Waals surface area contributed by atoms with Gasteiger partial charge in [-0.05, 0) is 12.1 Å². The van der Waals surface area contributed by atoms with Crippen LogP contribution >= 0.6 is 11.6 Å². The summed E-state index contributed by atoms with van der Waals surface area (Å²) in [6.07, 6.45) is 1.38. The average molecular weight is 264 g/mol. The van der Waals surface area contributed by atoms with E-state index in [9.17, 15) is 4.79 Å². The number of rotatable bonds is 4. The molecule has 92 valence electrons. The van der Waals surface area contributed by atoms with Crippen LogP contribution in [0.25, 0.3) is 11.3 Å². The van der Waals surface area contributed by atoms with Gasteiger partial charge in [0.25, 0.3) is 0 Å². The lowest BCUT2D eigenvalue weighted by atomic mass is 10.1. The van der Waals surface area contributed by atoms with E-state index in [1.807, 2.05) is 12.1 Å². The maximum absolute atomic E-state index is 10.4. The van der Waals surface area contributed by atoms with Gasteiger partial charge in [0, 0.05) is 16.7 Å². The summed E-state index contributed by atoms with van der Waals surface area (Å²) in [6.45, 7) is -0.183. The molecular formula is C12H10ClN3O2. The number of nitrogens with zero attached hydrogens (tertiary/aromatic N) is 2. The first kappa shape index (κ1) is 12.3. The Bertz CT molecular complexity index is 558. The van der Waals surface area contributed by atoms with Gasteiger partial charge in [0.1, 0.15) is 18.7 Å². The highest BCUT2D eigenvalue weighted by atomic mass is 35.5. The van der Waals surface area contributed by atoms with Gasteiger partial charge in [-0.1, -0.05) is 23.7 Å². The number of carbonyl (C=O) groups is 1. The number of benzene rings is 1. The SMILES string of the molecule is O=C(O)CNc1cc(-c2ccc(Cl)cc2)ncn1. The molecule has 2 aromatic rings. The summed E-state index contributed by atoms with van der Waals surface area (Å²) in [5.74, 6) is -0.473. The molecule has 0 fully saturated rings. The minimum atomic E-state index is -0.943. The van der Waals surface area contributed by atoms with Gasteiger partial charge in [0.05, 0.1) is 5.69 Å². The van der Waals surface area contributed by atoms with Gasteiger partial charge in [-0.2, -0.15) is 0 Å². The van der Waals surface area contributed by atoms with Crippen LogP contribution < -0.4 is 5.32 Å². The number of aliphatic carboxylic acids is 1. The summed E-state index contributed by atoms with van der Waals surface area (Å²) in [5, 5.41) is 11.9. The smallest absolute Gasteiger partial charge is 0.322 e. The highest BCUT2D eigenvalue weighted by molar-refractivity contribution is 6.30. The first-order chi connectivity index (χ1) is 8.65. The number of carboxylic acid groups (broad SMARTS) is 1. The maximum atomic E-state index is 10.4. The highest BCUT2D eigenvalue weighted by Gasteiger charge is 2.03. The van der Waals surface area contributed by atoms with E-state index in [1.54, 1.807) is 18.2 Å². The Morgan fingerprint density at radius 2 is 2.00 bits per heavy atom. The first-order valence-electron chi connectivity index (χ1n) is 5.19. The lowest BCUT2D eigenvalue weighted by Gasteiger charge is -2.05. The van der Waals surface area contributed by atoms with Crippen molar-refractivity contribution >= 4 is 23.4 Å². The Morgan fingerprint density at radius 3 is 2.67 bits per heavy atom. The molecule has 0 aliphatic rings. The quantitative estimate of drug-likeness (QED) is 0.885. The Hall–Kier alpha value is -2.14. The zero-order valence-corrected chi connectivity index (χ0v) is 10.1. The number of hydrogen-bond acceptors (Lipinski definition) is 4. The van der Waals surface area contributed by atoms with Crippen LogP contribution in [0.15, 0.2) is 36.7 Å². The summed E-state index contributed by atoms with van der Waals surface area (Å²) < 4.78 is 0. The molecule has 0 amide bonds. The predicted molar refractivity (Wildman–Crippen MR) is 68.6 cm³/mol. The number of carboxylic acids is 1. The normalized spacial score (nSPS) is 10.1. The van der Waals surface area contributed by atoms with Gasteiger partial charge >= 0.3 is 5.97 Å². The Morgan fingerprint density at radius 1 is 1.28 bits per heavy atom. The van der Waals surface area contributed by atoms with Crippen molar-refractivity contribution < 1.29 is 9.90 Å². The molecule has 0 aliphatic heterocycles. The van der Waals surface area contributed by atoms with Crippen molar-refractivity contribution in [3.05, 3.63) is 41.7 Å². The highest BCUT2D eigenvalue weighted by Crippen LogP contribution is 2.20. The molecule has 0 atom stereocenters. The molecule has 2 rings (SSSR count). The van der Waals surface area contributed by atoms with Gasteiger partial charge in [0.15, 0.2) is 0 Å². The third-order valence-corrected chi connectivity index (χ3v) is 2.48. The van der Waals surface area contributed by atoms with Gasteiger partial charge in [0.2, 0.25) is 0 Å². The zero-order valence-electron chi connectivity index (χ0n) is 9.30. The molecule has 18 heavy (non-hydrogen) atoms. The van der Waals surface area contributed by atoms with Crippen molar-refractivity contribution in [2.75, 3.05) is 11.9 Å². The van der Waals surface area contributed by atoms with Crippen LogP contribution in [0.5, 0.6) is 0 Å². The maximum Gasteiger partial charge on any atom is 0.322 e. The number of anilines is 1. The summed E-state index contributed by atoms with van der Waals surface area (Å²) in [5.41, 5.74) is 1.59. The zero-order chi connectivity index (χ0) is 13.0. The van der Waals surface area contributed by atoms with Gasteiger partial charge in [-0.3, -0.25) is 4.79 Å². The third-order valence-electron chi connectivity index (χ3n) is 2.23. The van der Waals surface area contributed by atoms with Crippen molar-refractivity contribution in [2.24, 2.45) is 0 Å². The largest absolute Gasteiger partial charge is 0.480 e. The number of nitrogens with one attached hydrogen (secondary N) is 1. The van der Waals surface area contributed by atoms with E-state index < -0.39 is 5.97 Å². The molecule has 2 N–H and O–H groups in total. The lowest BCUT2D eigenvalue weighted by Crippen LogP contribution is -2.13. The van der Waals surface area contributed by atoms with E-state index in [0.29, 0.717) is 16.5 Å². The Balaban J connectivity index is 2.21. The molecule has 0 spiro atoms. The Labute approximate surface area is 108 Å². The Kier molecular flexibility index (Phi) is 3.74. The van der Waals surface area contributed by atoms with Gasteiger partial charge < -0.3 is 10.4 Å². The fourth-order valence-corrected chi connectivity index (χ4v) is 1.52. The van der Waals surface area contributed by atoms with Crippen molar-refractivity contribution in [1.82, 2.24) is 9.97 Å². The van der Waals surface area contributed by atoms with Gasteiger partial charge in [-0.15, -0.1) is 0 Å². The molecule has 1 heterocycles. The van der Waals surface area contributed by atoms with Crippen LogP contribution in [0.2, 0.25) is 5.02 Å². The van der Waals surface area contributed by atoms with E-state index in [0.717, 1.165) is 5.56 Å². The van der Waals surface area contributed by atoms with Crippen LogP contribution in [0, 0.1) is 0 Å². The third kappa shape index (κ3) is 3.18. The van der Waals surface area contributed by atoms with Crippen LogP contribution in [-0.4, -0.2) is 27.6 Å². The number of halogens is 1. The number of aromatic nitrogens is 2. The number of hydrogen-bond donors (Lipinski definition) is 2. The van der Waals surface area contributed by atoms with Crippen LogP contribution in [-0.2, 0) is 4.79 Å². The van der Waals surface area contributed by atoms with Crippen molar-refractivity contribution in [1.29, 1.82) is 0 Å². The second-order valence-electron chi connectivity index (χ2n) is 3.54. The first-order valence-corrected chi connectivity index (χ1v) is 5.56.